The Morgan fingerprint density at radius 3 is 2.48 bits per heavy atom. The van der Waals surface area contributed by atoms with E-state index in [4.69, 9.17) is 0 Å². The van der Waals surface area contributed by atoms with Crippen LogP contribution in [0.25, 0.3) is 0 Å². The maximum atomic E-state index is 4.43. The van der Waals surface area contributed by atoms with Gasteiger partial charge in [-0.3, -0.25) is 0 Å². The van der Waals surface area contributed by atoms with E-state index in [0.717, 1.165) is 17.8 Å². The van der Waals surface area contributed by atoms with Gasteiger partial charge in [0.2, 0.25) is 0 Å². The molecule has 0 N–H and O–H groups in total. The molecule has 2 fully saturated rings. The van der Waals surface area contributed by atoms with E-state index in [9.17, 15) is 0 Å². The first-order valence-corrected chi connectivity index (χ1v) is 10.8. The third-order valence-electron chi connectivity index (χ3n) is 7.67. The average Bonchev–Trinajstić information content (AvgIpc) is 2.86. The van der Waals surface area contributed by atoms with Gasteiger partial charge in [-0.05, 0) is 111 Å². The fourth-order valence-corrected chi connectivity index (χ4v) is 6.80. The lowest BCUT2D eigenvalue weighted by molar-refractivity contribution is -0.00567. The molecule has 5 unspecified atom stereocenters. The molecule has 0 bridgehead atoms. The van der Waals surface area contributed by atoms with Crippen molar-refractivity contribution in [3.8, 4) is 0 Å². The summed E-state index contributed by atoms with van der Waals surface area (Å²) in [5.74, 6) is 2.74. The van der Waals surface area contributed by atoms with Gasteiger partial charge in [0, 0.05) is 0 Å². The molecule has 0 aromatic carbocycles. The van der Waals surface area contributed by atoms with Gasteiger partial charge in [0.1, 0.15) is 0 Å². The van der Waals surface area contributed by atoms with Crippen LogP contribution < -0.4 is 0 Å². The van der Waals surface area contributed by atoms with E-state index >= 15 is 0 Å². The van der Waals surface area contributed by atoms with E-state index in [-0.39, 0.29) is 0 Å². The fraction of sp³-hybridized carbons (Fsp3) is 0.727. The highest BCUT2D eigenvalue weighted by molar-refractivity contribution is 14.1. The molecule has 4 rings (SSSR count). The summed E-state index contributed by atoms with van der Waals surface area (Å²) in [6.45, 7) is 13.5. The Hall–Kier alpha value is -0.0500. The fourth-order valence-electron chi connectivity index (χ4n) is 6.20. The first-order chi connectivity index (χ1) is 10.9. The number of rotatable bonds is 0. The second kappa shape index (κ2) is 6.35. The van der Waals surface area contributed by atoms with Crippen LogP contribution in [0, 0.1) is 28.6 Å². The van der Waals surface area contributed by atoms with Crippen LogP contribution in [0.2, 0.25) is 0 Å². The lowest BCUT2D eigenvalue weighted by atomic mass is 9.48. The molecule has 5 atom stereocenters. The van der Waals surface area contributed by atoms with E-state index in [2.05, 4.69) is 55.2 Å². The zero-order valence-corrected chi connectivity index (χ0v) is 17.6. The van der Waals surface area contributed by atoms with Crippen molar-refractivity contribution in [3.63, 3.8) is 0 Å². The first kappa shape index (κ1) is 17.8. The molecule has 0 aliphatic heterocycles. The van der Waals surface area contributed by atoms with Gasteiger partial charge in [-0.15, -0.1) is 0 Å². The zero-order chi connectivity index (χ0) is 16.8. The molecule has 4 aliphatic rings. The summed E-state index contributed by atoms with van der Waals surface area (Å²) in [5.41, 5.74) is 4.15. The first-order valence-electron chi connectivity index (χ1n) is 9.70. The molecule has 1 heteroatoms. The molecule has 4 aliphatic carbocycles. The Labute approximate surface area is 157 Å². The third kappa shape index (κ3) is 2.60. The molecular formula is C22H33I. The predicted octanol–water partition coefficient (Wildman–Crippen LogP) is 7.46. The lowest BCUT2D eigenvalue weighted by Crippen LogP contribution is -2.48. The highest BCUT2D eigenvalue weighted by Gasteiger charge is 2.56. The summed E-state index contributed by atoms with van der Waals surface area (Å²) in [6.07, 6.45) is 14.6. The van der Waals surface area contributed by atoms with Crippen LogP contribution in [0.1, 0.15) is 72.6 Å². The Bertz CT molecular complexity index is 554. The van der Waals surface area contributed by atoms with Crippen LogP contribution in [0.5, 0.6) is 0 Å². The normalized spacial score (nSPS) is 44.9. The largest absolute Gasteiger partial charge is 0.0993 e. The second-order valence-corrected chi connectivity index (χ2v) is 9.76. The van der Waals surface area contributed by atoms with Gasteiger partial charge in [-0.2, -0.15) is 0 Å². The zero-order valence-electron chi connectivity index (χ0n) is 15.4. The minimum absolute atomic E-state index is 0.460. The number of hydrogen-bond acceptors (Lipinski definition) is 0. The van der Waals surface area contributed by atoms with Gasteiger partial charge in [-0.1, -0.05) is 45.9 Å². The van der Waals surface area contributed by atoms with Crippen molar-refractivity contribution in [1.29, 1.82) is 0 Å². The molecule has 0 spiro atoms. The molecule has 0 radical (unpaired) electrons. The molecule has 0 saturated heterocycles. The predicted molar refractivity (Wildman–Crippen MR) is 110 cm³/mol. The number of halogens is 1. The molecule has 0 aromatic rings. The van der Waals surface area contributed by atoms with Crippen LogP contribution in [0.15, 0.2) is 33.5 Å². The van der Waals surface area contributed by atoms with Crippen molar-refractivity contribution < 1.29 is 0 Å². The Morgan fingerprint density at radius 2 is 1.74 bits per heavy atom. The van der Waals surface area contributed by atoms with E-state index in [1.807, 2.05) is 13.8 Å². The maximum absolute atomic E-state index is 4.43. The molecule has 2 saturated carbocycles. The highest BCUT2D eigenvalue weighted by Crippen LogP contribution is 2.65. The van der Waals surface area contributed by atoms with Gasteiger partial charge in [0.05, 0.1) is 0 Å². The summed E-state index contributed by atoms with van der Waals surface area (Å²) in [4.78, 5) is 0. The third-order valence-corrected chi connectivity index (χ3v) is 8.53. The number of hydrogen-bond donors (Lipinski definition) is 0. The van der Waals surface area contributed by atoms with Crippen molar-refractivity contribution in [1.82, 2.24) is 0 Å². The van der Waals surface area contributed by atoms with E-state index < -0.39 is 0 Å². The molecule has 0 aromatic heterocycles. The second-order valence-electron chi connectivity index (χ2n) is 8.38. The highest BCUT2D eigenvalue weighted by atomic mass is 127. The molecule has 23 heavy (non-hydrogen) atoms. The van der Waals surface area contributed by atoms with Gasteiger partial charge in [0.25, 0.3) is 0 Å². The quantitative estimate of drug-likeness (QED) is 0.280. The average molecular weight is 424 g/mol. The minimum Gasteiger partial charge on any atom is -0.0993 e. The van der Waals surface area contributed by atoms with Crippen molar-refractivity contribution in [3.05, 3.63) is 33.5 Å². The summed E-state index contributed by atoms with van der Waals surface area (Å²) in [6, 6.07) is 0. The lowest BCUT2D eigenvalue weighted by Gasteiger charge is -2.56. The van der Waals surface area contributed by atoms with E-state index in [1.54, 1.807) is 14.7 Å². The van der Waals surface area contributed by atoms with Crippen LogP contribution in [-0.4, -0.2) is 0 Å². The van der Waals surface area contributed by atoms with Crippen molar-refractivity contribution in [2.75, 3.05) is 0 Å². The summed E-state index contributed by atoms with van der Waals surface area (Å²) < 4.78 is 1.56. The van der Waals surface area contributed by atoms with Gasteiger partial charge >= 0.3 is 0 Å². The molecule has 0 heterocycles. The Balaban J connectivity index is 0.000000753. The molecule has 0 amide bonds. The SMILES string of the molecule is C=C1CCC2C3CC=C4C=C(I)CCC4(C)C3CCC12C.CC. The van der Waals surface area contributed by atoms with Crippen molar-refractivity contribution in [2.24, 2.45) is 28.6 Å². The number of fused-ring (bicyclic) bond motifs is 5. The monoisotopic (exact) mass is 424 g/mol. The minimum atomic E-state index is 0.460. The van der Waals surface area contributed by atoms with E-state index in [0.29, 0.717) is 10.8 Å². The van der Waals surface area contributed by atoms with E-state index in [1.165, 1.54) is 44.9 Å². The van der Waals surface area contributed by atoms with Crippen LogP contribution >= 0.6 is 22.6 Å². The van der Waals surface area contributed by atoms with Gasteiger partial charge in [-0.25, -0.2) is 0 Å². The topological polar surface area (TPSA) is 0 Å². The Kier molecular flexibility index (Phi) is 4.90. The molecular weight excluding hydrogens is 391 g/mol. The molecule has 0 nitrogen and oxygen atoms in total. The summed E-state index contributed by atoms with van der Waals surface area (Å²) in [5, 5.41) is 0. The summed E-state index contributed by atoms with van der Waals surface area (Å²) >= 11 is 2.54. The standard InChI is InChI=1S/C20H27I.C2H6/c1-13-4-7-17-16-6-5-14-12-15(21)8-10-20(14,3)18(16)9-11-19(13,17)2;1-2/h5,12,16-18H,1,4,6-11H2,2-3H3;1-2H3. The smallest absolute Gasteiger partial charge is 0.00437 e. The van der Waals surface area contributed by atoms with Crippen LogP contribution in [-0.2, 0) is 0 Å². The van der Waals surface area contributed by atoms with Crippen molar-refractivity contribution >= 4 is 22.6 Å². The summed E-state index contributed by atoms with van der Waals surface area (Å²) in [7, 11) is 0. The van der Waals surface area contributed by atoms with Crippen LogP contribution in [0.3, 0.4) is 0 Å². The van der Waals surface area contributed by atoms with Gasteiger partial charge < -0.3 is 0 Å². The Morgan fingerprint density at radius 1 is 1.04 bits per heavy atom. The number of allylic oxidation sites excluding steroid dienone is 5. The van der Waals surface area contributed by atoms with Crippen molar-refractivity contribution in [2.45, 2.75) is 72.6 Å². The van der Waals surface area contributed by atoms with Gasteiger partial charge in [0.15, 0.2) is 0 Å². The van der Waals surface area contributed by atoms with Crippen LogP contribution in [0.4, 0.5) is 0 Å². The molecule has 128 valence electrons. The maximum Gasteiger partial charge on any atom is -0.00437 e.